The van der Waals surface area contributed by atoms with Gasteiger partial charge >= 0.3 is 0 Å². The van der Waals surface area contributed by atoms with Gasteiger partial charge in [-0.3, -0.25) is 9.69 Å². The lowest BCUT2D eigenvalue weighted by Crippen LogP contribution is -2.53. The summed E-state index contributed by atoms with van der Waals surface area (Å²) in [5, 5.41) is 1.09. The van der Waals surface area contributed by atoms with Gasteiger partial charge in [0.25, 0.3) is 0 Å². The van der Waals surface area contributed by atoms with Gasteiger partial charge in [-0.25, -0.2) is 0 Å². The largest absolute Gasteiger partial charge is 0.492 e. The second-order valence-electron chi connectivity index (χ2n) is 7.69. The molecule has 1 heterocycles. The minimum atomic E-state index is 0.219. The van der Waals surface area contributed by atoms with E-state index in [1.165, 1.54) is 45.2 Å². The molecule has 0 unspecified atom stereocenters. The van der Waals surface area contributed by atoms with E-state index in [1.54, 1.807) is 18.2 Å². The predicted molar refractivity (Wildman–Crippen MR) is 111 cm³/mol. The first-order chi connectivity index (χ1) is 13.1. The summed E-state index contributed by atoms with van der Waals surface area (Å²) < 4.78 is 5.70. The normalized spacial score (nSPS) is 23.4. The van der Waals surface area contributed by atoms with Crippen LogP contribution in [0.25, 0.3) is 0 Å². The van der Waals surface area contributed by atoms with Crippen molar-refractivity contribution in [2.24, 2.45) is 0 Å². The number of halogens is 2. The average Bonchev–Trinajstić information content (AvgIpc) is 3.20. The quantitative estimate of drug-likeness (QED) is 0.589. The van der Waals surface area contributed by atoms with Crippen molar-refractivity contribution in [3.8, 4) is 5.75 Å². The molecule has 6 heteroatoms. The zero-order valence-corrected chi connectivity index (χ0v) is 17.6. The first-order valence-corrected chi connectivity index (χ1v) is 10.9. The monoisotopic (exact) mass is 412 g/mol. The van der Waals surface area contributed by atoms with E-state index in [-0.39, 0.29) is 5.91 Å². The number of nitrogens with zero attached hydrogens (tertiary/aromatic N) is 2. The summed E-state index contributed by atoms with van der Waals surface area (Å²) in [5.41, 5.74) is 0. The number of likely N-dealkylation sites (tertiary alicyclic amines) is 1. The smallest absolute Gasteiger partial charge is 0.222 e. The molecule has 2 aliphatic rings. The molecule has 0 bridgehead atoms. The summed E-state index contributed by atoms with van der Waals surface area (Å²) in [6.45, 7) is 2.86. The first kappa shape index (κ1) is 20.8. The first-order valence-electron chi connectivity index (χ1n) is 10.1. The van der Waals surface area contributed by atoms with Crippen molar-refractivity contribution in [1.82, 2.24) is 9.80 Å². The van der Waals surface area contributed by atoms with Crippen molar-refractivity contribution in [3.63, 3.8) is 0 Å². The van der Waals surface area contributed by atoms with E-state index in [1.807, 2.05) is 11.9 Å². The topological polar surface area (TPSA) is 32.8 Å². The van der Waals surface area contributed by atoms with Crippen LogP contribution in [0.15, 0.2) is 18.2 Å². The number of ether oxygens (including phenoxy) is 1. The minimum Gasteiger partial charge on any atom is -0.492 e. The molecule has 3 rings (SSSR count). The summed E-state index contributed by atoms with van der Waals surface area (Å²) in [4.78, 5) is 17.4. The molecule has 150 valence electrons. The fraction of sp³-hybridized carbons (Fsp3) is 0.667. The number of carbonyl (C=O) groups is 1. The van der Waals surface area contributed by atoms with Crippen LogP contribution < -0.4 is 4.74 Å². The number of carbonyl (C=O) groups excluding carboxylic acids is 1. The molecule has 0 aromatic heterocycles. The van der Waals surface area contributed by atoms with Crippen molar-refractivity contribution in [2.45, 2.75) is 63.5 Å². The number of hydrogen-bond acceptors (Lipinski definition) is 3. The van der Waals surface area contributed by atoms with Crippen LogP contribution in [-0.4, -0.2) is 54.5 Å². The second kappa shape index (κ2) is 9.99. The Balaban J connectivity index is 1.46. The Kier molecular flexibility index (Phi) is 7.68. The van der Waals surface area contributed by atoms with Crippen LogP contribution in [-0.2, 0) is 4.79 Å². The van der Waals surface area contributed by atoms with Crippen LogP contribution in [0.5, 0.6) is 5.75 Å². The maximum absolute atomic E-state index is 12.7. The highest BCUT2D eigenvalue weighted by Crippen LogP contribution is 2.30. The molecule has 0 spiro atoms. The van der Waals surface area contributed by atoms with Crippen molar-refractivity contribution in [1.29, 1.82) is 0 Å². The van der Waals surface area contributed by atoms with Gasteiger partial charge in [0.15, 0.2) is 0 Å². The van der Waals surface area contributed by atoms with Gasteiger partial charge in [0.2, 0.25) is 5.91 Å². The van der Waals surface area contributed by atoms with Gasteiger partial charge in [-0.1, -0.05) is 36.0 Å². The lowest BCUT2D eigenvalue weighted by Gasteiger charge is -2.42. The molecule has 1 amide bonds. The van der Waals surface area contributed by atoms with Crippen molar-refractivity contribution < 1.29 is 9.53 Å². The van der Waals surface area contributed by atoms with E-state index in [9.17, 15) is 4.79 Å². The van der Waals surface area contributed by atoms with Crippen LogP contribution >= 0.6 is 23.2 Å². The van der Waals surface area contributed by atoms with E-state index in [0.29, 0.717) is 47.3 Å². The maximum atomic E-state index is 12.7. The lowest BCUT2D eigenvalue weighted by molar-refractivity contribution is -0.134. The third-order valence-corrected chi connectivity index (χ3v) is 6.41. The molecular formula is C21H30Cl2N2O2. The van der Waals surface area contributed by atoms with E-state index in [4.69, 9.17) is 27.9 Å². The summed E-state index contributed by atoms with van der Waals surface area (Å²) >= 11 is 12.0. The zero-order chi connectivity index (χ0) is 19.2. The highest BCUT2D eigenvalue weighted by molar-refractivity contribution is 6.35. The predicted octanol–water partition coefficient (Wildman–Crippen LogP) is 5.02. The Labute approximate surface area is 172 Å². The Morgan fingerprint density at radius 2 is 1.93 bits per heavy atom. The van der Waals surface area contributed by atoms with Gasteiger partial charge in [-0.2, -0.15) is 0 Å². The number of rotatable bonds is 7. The number of likely N-dealkylation sites (N-methyl/N-ethyl adjacent to an activating group) is 1. The SMILES string of the molecule is CN(C(=O)CCCOc1ccc(Cl)cc1Cl)[C@H]1CCCC[C@H]1N1CCCC1. The summed E-state index contributed by atoms with van der Waals surface area (Å²) in [5.74, 6) is 0.833. The molecule has 0 N–H and O–H groups in total. The van der Waals surface area contributed by atoms with Crippen LogP contribution in [0.1, 0.15) is 51.4 Å². The van der Waals surface area contributed by atoms with Crippen LogP contribution in [0, 0.1) is 0 Å². The molecule has 1 aliphatic carbocycles. The zero-order valence-electron chi connectivity index (χ0n) is 16.1. The Morgan fingerprint density at radius 1 is 1.19 bits per heavy atom. The molecule has 2 atom stereocenters. The summed E-state index contributed by atoms with van der Waals surface area (Å²) in [7, 11) is 1.98. The molecule has 4 nitrogen and oxygen atoms in total. The average molecular weight is 413 g/mol. The lowest BCUT2D eigenvalue weighted by atomic mass is 9.88. The number of hydrogen-bond donors (Lipinski definition) is 0. The highest BCUT2D eigenvalue weighted by atomic mass is 35.5. The summed E-state index contributed by atoms with van der Waals surface area (Å²) in [6.07, 6.45) is 8.64. The van der Waals surface area contributed by atoms with Gasteiger partial charge < -0.3 is 9.64 Å². The third-order valence-electron chi connectivity index (χ3n) is 5.88. The van der Waals surface area contributed by atoms with Gasteiger partial charge in [0, 0.05) is 30.6 Å². The van der Waals surface area contributed by atoms with Crippen LogP contribution in [0.3, 0.4) is 0 Å². The molecule has 27 heavy (non-hydrogen) atoms. The minimum absolute atomic E-state index is 0.219. The Hall–Kier alpha value is -0.970. The van der Waals surface area contributed by atoms with E-state index in [2.05, 4.69) is 4.90 Å². The van der Waals surface area contributed by atoms with Crippen LogP contribution in [0.2, 0.25) is 10.0 Å². The van der Waals surface area contributed by atoms with Gasteiger partial charge in [-0.15, -0.1) is 0 Å². The van der Waals surface area contributed by atoms with E-state index < -0.39 is 0 Å². The van der Waals surface area contributed by atoms with E-state index in [0.717, 1.165) is 6.42 Å². The Morgan fingerprint density at radius 3 is 2.67 bits per heavy atom. The molecule has 1 aromatic rings. The number of benzene rings is 1. The number of amides is 1. The second-order valence-corrected chi connectivity index (χ2v) is 8.54. The third kappa shape index (κ3) is 5.52. The molecule has 0 radical (unpaired) electrons. The van der Waals surface area contributed by atoms with Gasteiger partial charge in [0.1, 0.15) is 5.75 Å². The van der Waals surface area contributed by atoms with Crippen LogP contribution in [0.4, 0.5) is 0 Å². The highest BCUT2D eigenvalue weighted by Gasteiger charge is 2.35. The van der Waals surface area contributed by atoms with E-state index >= 15 is 0 Å². The van der Waals surface area contributed by atoms with Gasteiger partial charge in [0.05, 0.1) is 11.6 Å². The standard InChI is InChI=1S/C21H30Cl2N2O2/c1-24(18-7-2-3-8-19(18)25-12-4-5-13-25)21(26)9-6-14-27-20-11-10-16(22)15-17(20)23/h10-11,15,18-19H,2-9,12-14H2,1H3/t18-,19+/m0/s1. The fourth-order valence-corrected chi connectivity index (χ4v) is 4.86. The molecule has 1 aliphatic heterocycles. The molecular weight excluding hydrogens is 383 g/mol. The summed E-state index contributed by atoms with van der Waals surface area (Å²) in [6, 6.07) is 6.08. The maximum Gasteiger partial charge on any atom is 0.222 e. The van der Waals surface area contributed by atoms with Crippen molar-refractivity contribution in [3.05, 3.63) is 28.2 Å². The van der Waals surface area contributed by atoms with Crippen molar-refractivity contribution in [2.75, 3.05) is 26.7 Å². The van der Waals surface area contributed by atoms with Gasteiger partial charge in [-0.05, 0) is 63.4 Å². The molecule has 1 saturated heterocycles. The molecule has 1 saturated carbocycles. The fourth-order valence-electron chi connectivity index (χ4n) is 4.40. The van der Waals surface area contributed by atoms with Crippen molar-refractivity contribution >= 4 is 29.1 Å². The molecule has 1 aromatic carbocycles. The molecule has 2 fully saturated rings. The Bertz CT molecular complexity index is 635.